The van der Waals surface area contributed by atoms with E-state index in [1.165, 1.54) is 5.56 Å². The molecule has 0 N–H and O–H groups in total. The number of hydrogen-bond acceptors (Lipinski definition) is 0. The van der Waals surface area contributed by atoms with Gasteiger partial charge < -0.3 is 0 Å². The fraction of sp³-hybridized carbons (Fsp3) is 0. The average molecular weight is 220 g/mol. The molecule has 0 unspecified atom stereocenters. The van der Waals surface area contributed by atoms with Crippen molar-refractivity contribution in [2.24, 2.45) is 0 Å². The molecule has 0 amide bonds. The lowest BCUT2D eigenvalue weighted by Gasteiger charge is -1.86. The van der Waals surface area contributed by atoms with Crippen LogP contribution in [0.4, 0.5) is 0 Å². The zero-order valence-electron chi connectivity index (χ0n) is 9.53. The molecule has 0 heterocycles. The van der Waals surface area contributed by atoms with Crippen LogP contribution >= 0.6 is 0 Å². The predicted octanol–water partition coefficient (Wildman–Crippen LogP) is 2.96. The first-order chi connectivity index (χ1) is 8.45. The Morgan fingerprint density at radius 3 is 1.94 bits per heavy atom. The van der Waals surface area contributed by atoms with Gasteiger partial charge in [-0.15, -0.1) is 4.67 Å². The van der Waals surface area contributed by atoms with Gasteiger partial charge in [0.25, 0.3) is 12.4 Å². The smallest absolute Gasteiger partial charge is 0.100 e. The molecule has 2 rings (SSSR count). The van der Waals surface area contributed by atoms with E-state index in [-0.39, 0.29) is 0 Å². The Balaban J connectivity index is 1.99. The highest BCUT2D eigenvalue weighted by Gasteiger charge is 1.88. The molecule has 1 nitrogen and oxygen atoms in total. The third kappa shape index (κ3) is 3.94. The lowest BCUT2D eigenvalue weighted by molar-refractivity contribution is 1.63. The minimum Gasteiger partial charge on any atom is -0.100 e. The van der Waals surface area contributed by atoms with E-state index < -0.39 is 0 Å². The molecule has 0 aromatic heterocycles. The molecule has 1 heteroatoms. The Labute approximate surface area is 101 Å². The standard InChI is InChI=1S/C16H14N/c1-3-8-15(9-4-1)12-7-13-17-14-16-10-5-2-6-11-16/h1-14H/q+1/b12-7+. The summed E-state index contributed by atoms with van der Waals surface area (Å²) in [6.45, 7) is 0. The van der Waals surface area contributed by atoms with Gasteiger partial charge in [0.05, 0.1) is 5.56 Å². The maximum atomic E-state index is 4.22. The lowest BCUT2D eigenvalue weighted by Crippen LogP contribution is -1.83. The first kappa shape index (κ1) is 11.1. The lowest BCUT2D eigenvalue weighted by atomic mass is 10.2. The molecule has 0 aliphatic heterocycles. The minimum atomic E-state index is 1.11. The van der Waals surface area contributed by atoms with Crippen LogP contribution in [0.2, 0.25) is 0 Å². The van der Waals surface area contributed by atoms with Crippen molar-refractivity contribution in [3.05, 3.63) is 77.9 Å². The second kappa shape index (κ2) is 6.26. The monoisotopic (exact) mass is 220 g/mol. The summed E-state index contributed by atoms with van der Waals surface area (Å²) in [5.41, 5.74) is 2.29. The molecule has 0 radical (unpaired) electrons. The van der Waals surface area contributed by atoms with Gasteiger partial charge in [-0.2, -0.15) is 0 Å². The third-order valence-electron chi connectivity index (χ3n) is 2.28. The first-order valence-corrected chi connectivity index (χ1v) is 5.58. The number of hydrogen-bond donors (Lipinski definition) is 0. The summed E-state index contributed by atoms with van der Waals surface area (Å²) in [5, 5.41) is 0. The number of rotatable bonds is 3. The van der Waals surface area contributed by atoms with Gasteiger partial charge in [-0.3, -0.25) is 0 Å². The maximum Gasteiger partial charge on any atom is 0.299 e. The van der Waals surface area contributed by atoms with Crippen LogP contribution in [0.25, 0.3) is 6.08 Å². The minimum absolute atomic E-state index is 1.11. The second-order valence-electron chi connectivity index (χ2n) is 3.61. The van der Waals surface area contributed by atoms with Gasteiger partial charge in [-0.25, -0.2) is 0 Å². The van der Waals surface area contributed by atoms with E-state index in [4.69, 9.17) is 0 Å². The van der Waals surface area contributed by atoms with Gasteiger partial charge in [0.2, 0.25) is 0 Å². The SMILES string of the molecule is C(/C=C/c1ccccc1)=[N+]=Cc1ccccc1. The second-order valence-corrected chi connectivity index (χ2v) is 3.61. The number of benzene rings is 2. The van der Waals surface area contributed by atoms with Crippen molar-refractivity contribution in [3.63, 3.8) is 0 Å². The Morgan fingerprint density at radius 2 is 1.29 bits per heavy atom. The maximum absolute atomic E-state index is 4.22. The van der Waals surface area contributed by atoms with E-state index in [1.54, 1.807) is 6.21 Å². The van der Waals surface area contributed by atoms with Gasteiger partial charge in [0.1, 0.15) is 0 Å². The summed E-state index contributed by atoms with van der Waals surface area (Å²) in [6.07, 6.45) is 7.60. The molecule has 0 spiro atoms. The summed E-state index contributed by atoms with van der Waals surface area (Å²) in [7, 11) is 0. The Hall–Kier alpha value is -2.37. The molecule has 0 bridgehead atoms. The van der Waals surface area contributed by atoms with Crippen LogP contribution in [-0.4, -0.2) is 12.4 Å². The van der Waals surface area contributed by atoms with Crippen molar-refractivity contribution in [2.45, 2.75) is 0 Å². The van der Waals surface area contributed by atoms with Crippen molar-refractivity contribution < 1.29 is 0 Å². The fourth-order valence-electron chi connectivity index (χ4n) is 1.44. The molecular weight excluding hydrogens is 206 g/mol. The predicted molar refractivity (Wildman–Crippen MR) is 75.3 cm³/mol. The Morgan fingerprint density at radius 1 is 0.706 bits per heavy atom. The molecule has 0 saturated heterocycles. The van der Waals surface area contributed by atoms with Crippen LogP contribution in [-0.2, 0) is 0 Å². The van der Waals surface area contributed by atoms with E-state index in [2.05, 4.69) is 16.8 Å². The molecule has 0 saturated carbocycles. The van der Waals surface area contributed by atoms with Crippen molar-refractivity contribution in [1.82, 2.24) is 4.67 Å². The largest absolute Gasteiger partial charge is 0.299 e. The van der Waals surface area contributed by atoms with Crippen LogP contribution in [0.15, 0.2) is 66.7 Å². The van der Waals surface area contributed by atoms with Gasteiger partial charge in [-0.1, -0.05) is 48.5 Å². The van der Waals surface area contributed by atoms with E-state index in [0.29, 0.717) is 0 Å². The van der Waals surface area contributed by atoms with Crippen molar-refractivity contribution in [3.8, 4) is 0 Å². The van der Waals surface area contributed by atoms with Crippen LogP contribution < -0.4 is 4.67 Å². The quantitative estimate of drug-likeness (QED) is 0.558. The van der Waals surface area contributed by atoms with E-state index in [1.807, 2.05) is 66.9 Å². The molecule has 0 atom stereocenters. The van der Waals surface area contributed by atoms with E-state index in [0.717, 1.165) is 5.56 Å². The summed E-state index contributed by atoms with van der Waals surface area (Å²) in [4.78, 5) is 0. The topological polar surface area (TPSA) is 14.1 Å². The summed E-state index contributed by atoms with van der Waals surface area (Å²) < 4.78 is 4.22. The Bertz CT molecular complexity index is 532. The molecule has 0 fully saturated rings. The molecule has 2 aromatic carbocycles. The third-order valence-corrected chi connectivity index (χ3v) is 2.28. The average Bonchev–Trinajstić information content (AvgIpc) is 2.41. The van der Waals surface area contributed by atoms with Crippen molar-refractivity contribution in [1.29, 1.82) is 0 Å². The molecule has 0 aliphatic carbocycles. The van der Waals surface area contributed by atoms with Crippen molar-refractivity contribution >= 4 is 18.5 Å². The first-order valence-electron chi connectivity index (χ1n) is 5.58. The summed E-state index contributed by atoms with van der Waals surface area (Å²) in [5.74, 6) is 0. The highest BCUT2D eigenvalue weighted by Crippen LogP contribution is 1.99. The van der Waals surface area contributed by atoms with Crippen LogP contribution in [0.3, 0.4) is 0 Å². The normalized spacial score (nSPS) is 9.88. The number of allylic oxidation sites excluding steroid dienone is 1. The zero-order valence-corrected chi connectivity index (χ0v) is 9.53. The van der Waals surface area contributed by atoms with E-state index >= 15 is 0 Å². The summed E-state index contributed by atoms with van der Waals surface area (Å²) >= 11 is 0. The molecule has 2 aromatic rings. The molecule has 82 valence electrons. The van der Waals surface area contributed by atoms with Crippen molar-refractivity contribution in [2.75, 3.05) is 0 Å². The highest BCUT2D eigenvalue weighted by molar-refractivity contribution is 5.85. The Kier molecular flexibility index (Phi) is 4.10. The van der Waals surface area contributed by atoms with E-state index in [9.17, 15) is 0 Å². The van der Waals surface area contributed by atoms with Crippen LogP contribution in [0, 0.1) is 0 Å². The van der Waals surface area contributed by atoms with Gasteiger partial charge in [-0.05, 0) is 23.8 Å². The number of nitrogens with zero attached hydrogens (tertiary/aromatic N) is 1. The molecular formula is C16H14N+. The fourth-order valence-corrected chi connectivity index (χ4v) is 1.44. The zero-order chi connectivity index (χ0) is 11.8. The molecule has 0 aliphatic rings. The van der Waals surface area contributed by atoms with Crippen LogP contribution in [0.5, 0.6) is 0 Å². The van der Waals surface area contributed by atoms with Crippen LogP contribution in [0.1, 0.15) is 11.1 Å². The molecule has 17 heavy (non-hydrogen) atoms. The van der Waals surface area contributed by atoms with Gasteiger partial charge in [0, 0.05) is 6.08 Å². The van der Waals surface area contributed by atoms with Gasteiger partial charge >= 0.3 is 0 Å². The van der Waals surface area contributed by atoms with Gasteiger partial charge in [0.15, 0.2) is 0 Å². The highest BCUT2D eigenvalue weighted by atomic mass is 14.5. The summed E-state index contributed by atoms with van der Waals surface area (Å²) in [6, 6.07) is 20.2.